The summed E-state index contributed by atoms with van der Waals surface area (Å²) in [7, 11) is 0. The zero-order chi connectivity index (χ0) is 15.3. The minimum absolute atomic E-state index is 0.183. The Balaban J connectivity index is 2.05. The van der Waals surface area contributed by atoms with Crippen LogP contribution in [-0.2, 0) is 6.18 Å². The van der Waals surface area contributed by atoms with E-state index < -0.39 is 11.7 Å². The minimum atomic E-state index is -4.40. The molecule has 0 spiro atoms. The molecule has 0 radical (unpaired) electrons. The van der Waals surface area contributed by atoms with Crippen LogP contribution in [0.2, 0.25) is 0 Å². The second kappa shape index (κ2) is 6.05. The van der Waals surface area contributed by atoms with Gasteiger partial charge in [0.25, 0.3) is 0 Å². The van der Waals surface area contributed by atoms with Crippen molar-refractivity contribution in [2.45, 2.75) is 6.18 Å². The number of nitrogens with one attached hydrogen (secondary N) is 1. The Kier molecular flexibility index (Phi) is 4.18. The van der Waals surface area contributed by atoms with Crippen LogP contribution in [0.1, 0.15) is 11.1 Å². The van der Waals surface area contributed by atoms with Gasteiger partial charge in [-0.3, -0.25) is 5.43 Å². The molecule has 2 aromatic carbocycles. The Morgan fingerprint density at radius 1 is 1.05 bits per heavy atom. The van der Waals surface area contributed by atoms with Gasteiger partial charge in [-0.25, -0.2) is 0 Å². The lowest BCUT2D eigenvalue weighted by Crippen LogP contribution is -2.04. The van der Waals surface area contributed by atoms with Gasteiger partial charge in [-0.2, -0.15) is 18.4 Å². The number of rotatable bonds is 3. The van der Waals surface area contributed by atoms with Crippen molar-refractivity contribution in [3.8, 4) is 6.07 Å². The Morgan fingerprint density at radius 3 is 2.38 bits per heavy atom. The van der Waals surface area contributed by atoms with E-state index in [9.17, 15) is 13.2 Å². The zero-order valence-electron chi connectivity index (χ0n) is 10.6. The van der Waals surface area contributed by atoms with E-state index in [1.165, 1.54) is 12.1 Å². The predicted molar refractivity (Wildman–Crippen MR) is 70.7 cm³/mol. The van der Waals surface area contributed by atoms with Crippen molar-refractivity contribution in [3.63, 3.8) is 0 Å². The first-order valence-electron chi connectivity index (χ1n) is 5.83. The molecule has 0 fully saturated rings. The van der Waals surface area contributed by atoms with Crippen LogP contribution in [0.4, 0.5) is 24.5 Å². The summed E-state index contributed by atoms with van der Waals surface area (Å²) in [6.07, 6.45) is -4.40. The van der Waals surface area contributed by atoms with E-state index in [1.54, 1.807) is 24.3 Å². The van der Waals surface area contributed by atoms with Crippen molar-refractivity contribution in [2.24, 2.45) is 10.3 Å². The van der Waals surface area contributed by atoms with Crippen molar-refractivity contribution in [3.05, 3.63) is 59.7 Å². The fourth-order valence-corrected chi connectivity index (χ4v) is 1.51. The van der Waals surface area contributed by atoms with Crippen molar-refractivity contribution in [1.29, 1.82) is 5.26 Å². The number of hydrogen-bond donors (Lipinski definition) is 1. The highest BCUT2D eigenvalue weighted by Crippen LogP contribution is 2.30. The van der Waals surface area contributed by atoms with Gasteiger partial charge in [0.05, 0.1) is 28.6 Å². The molecule has 0 aliphatic heterocycles. The number of anilines is 1. The zero-order valence-corrected chi connectivity index (χ0v) is 10.6. The summed E-state index contributed by atoms with van der Waals surface area (Å²) in [5, 5.41) is 16.0. The van der Waals surface area contributed by atoms with Crippen LogP contribution in [-0.4, -0.2) is 0 Å². The monoisotopic (exact) mass is 290 g/mol. The molecular formula is C14H9F3N4. The number of halogens is 3. The van der Waals surface area contributed by atoms with E-state index in [4.69, 9.17) is 5.26 Å². The van der Waals surface area contributed by atoms with Gasteiger partial charge in [-0.15, -0.1) is 5.11 Å². The first kappa shape index (κ1) is 14.5. The molecule has 0 aliphatic rings. The second-order valence-corrected chi connectivity index (χ2v) is 4.05. The van der Waals surface area contributed by atoms with Gasteiger partial charge in [-0.1, -0.05) is 11.3 Å². The van der Waals surface area contributed by atoms with Crippen molar-refractivity contribution < 1.29 is 13.2 Å². The quantitative estimate of drug-likeness (QED) is 0.658. The fraction of sp³-hybridized carbons (Fsp3) is 0.0714. The molecule has 2 rings (SSSR count). The largest absolute Gasteiger partial charge is 0.416 e. The number of nitrogens with zero attached hydrogens (tertiary/aromatic N) is 3. The molecule has 0 aliphatic carbocycles. The Bertz CT molecular complexity index is 685. The fourth-order valence-electron chi connectivity index (χ4n) is 1.51. The average Bonchev–Trinajstić information content (AvgIpc) is 2.47. The van der Waals surface area contributed by atoms with E-state index in [0.29, 0.717) is 11.3 Å². The third-order valence-corrected chi connectivity index (χ3v) is 2.53. The average molecular weight is 290 g/mol. The lowest BCUT2D eigenvalue weighted by Gasteiger charge is -2.07. The van der Waals surface area contributed by atoms with Crippen LogP contribution in [0.3, 0.4) is 0 Å². The molecule has 4 nitrogen and oxygen atoms in total. The molecule has 106 valence electrons. The summed E-state index contributed by atoms with van der Waals surface area (Å²) in [4.78, 5) is 0. The summed E-state index contributed by atoms with van der Waals surface area (Å²) >= 11 is 0. The maximum atomic E-state index is 12.5. The smallest absolute Gasteiger partial charge is 0.260 e. The molecule has 0 bridgehead atoms. The standard InChI is InChI=1S/C14H9F3N4/c15-14(16,17)11-2-1-3-13(8-11)20-21-19-12-6-4-10(9-18)5-7-12/h1-8H,(H,19,20). The van der Waals surface area contributed by atoms with E-state index >= 15 is 0 Å². The van der Waals surface area contributed by atoms with Crippen LogP contribution < -0.4 is 5.43 Å². The van der Waals surface area contributed by atoms with Crippen LogP contribution in [0.5, 0.6) is 0 Å². The molecule has 7 heteroatoms. The molecule has 0 unspecified atom stereocenters. The minimum Gasteiger partial charge on any atom is -0.260 e. The number of nitriles is 1. The van der Waals surface area contributed by atoms with Crippen molar-refractivity contribution in [2.75, 3.05) is 5.43 Å². The SMILES string of the molecule is N#Cc1ccc(N=NNc2cccc(C(F)(F)F)c2)cc1. The van der Waals surface area contributed by atoms with Gasteiger partial charge < -0.3 is 0 Å². The maximum Gasteiger partial charge on any atom is 0.416 e. The first-order valence-corrected chi connectivity index (χ1v) is 5.83. The molecule has 2 aromatic rings. The third-order valence-electron chi connectivity index (χ3n) is 2.53. The summed E-state index contributed by atoms with van der Waals surface area (Å²) in [6.45, 7) is 0. The van der Waals surface area contributed by atoms with E-state index in [0.717, 1.165) is 12.1 Å². The number of alkyl halides is 3. The highest BCUT2D eigenvalue weighted by molar-refractivity contribution is 5.46. The van der Waals surface area contributed by atoms with E-state index in [2.05, 4.69) is 15.8 Å². The molecule has 1 N–H and O–H groups in total. The molecule has 21 heavy (non-hydrogen) atoms. The molecule has 0 saturated carbocycles. The Morgan fingerprint density at radius 2 is 1.76 bits per heavy atom. The predicted octanol–water partition coefficient (Wildman–Crippen LogP) is 4.69. The number of benzene rings is 2. The Hall–Kier alpha value is -2.88. The highest BCUT2D eigenvalue weighted by atomic mass is 19.4. The normalized spacial score (nSPS) is 11.3. The van der Waals surface area contributed by atoms with Crippen LogP contribution in [0.15, 0.2) is 58.9 Å². The summed E-state index contributed by atoms with van der Waals surface area (Å²) in [5.41, 5.74) is 2.81. The van der Waals surface area contributed by atoms with E-state index in [-0.39, 0.29) is 5.69 Å². The molecule has 0 atom stereocenters. The van der Waals surface area contributed by atoms with Gasteiger partial charge in [0.1, 0.15) is 0 Å². The lowest BCUT2D eigenvalue weighted by molar-refractivity contribution is -0.137. The number of hydrogen-bond acceptors (Lipinski definition) is 3. The van der Waals surface area contributed by atoms with Gasteiger partial charge in [0.15, 0.2) is 0 Å². The maximum absolute atomic E-state index is 12.5. The third kappa shape index (κ3) is 4.04. The summed E-state index contributed by atoms with van der Waals surface area (Å²) in [6, 6.07) is 12.9. The van der Waals surface area contributed by atoms with Crippen molar-refractivity contribution in [1.82, 2.24) is 0 Å². The van der Waals surface area contributed by atoms with Gasteiger partial charge in [0, 0.05) is 0 Å². The molecule has 0 amide bonds. The molecule has 0 saturated heterocycles. The van der Waals surface area contributed by atoms with Gasteiger partial charge in [-0.05, 0) is 42.5 Å². The molecule has 0 aromatic heterocycles. The van der Waals surface area contributed by atoms with E-state index in [1.807, 2.05) is 6.07 Å². The highest BCUT2D eigenvalue weighted by Gasteiger charge is 2.30. The Labute approximate surface area is 118 Å². The molecular weight excluding hydrogens is 281 g/mol. The van der Waals surface area contributed by atoms with Crippen LogP contribution in [0.25, 0.3) is 0 Å². The van der Waals surface area contributed by atoms with Crippen LogP contribution in [0, 0.1) is 11.3 Å². The first-order chi connectivity index (χ1) is 9.99. The van der Waals surface area contributed by atoms with Crippen LogP contribution >= 0.6 is 0 Å². The topological polar surface area (TPSA) is 60.5 Å². The second-order valence-electron chi connectivity index (χ2n) is 4.05. The van der Waals surface area contributed by atoms with Crippen molar-refractivity contribution >= 4 is 11.4 Å². The summed E-state index contributed by atoms with van der Waals surface area (Å²) < 4.78 is 37.6. The lowest BCUT2D eigenvalue weighted by atomic mass is 10.2. The summed E-state index contributed by atoms with van der Waals surface area (Å²) in [5.74, 6) is 0. The van der Waals surface area contributed by atoms with Gasteiger partial charge >= 0.3 is 6.18 Å². The van der Waals surface area contributed by atoms with Gasteiger partial charge in [0.2, 0.25) is 0 Å². The molecule has 0 heterocycles.